The Morgan fingerprint density at radius 3 is 2.74 bits per heavy atom. The second-order valence-electron chi connectivity index (χ2n) is 9.60. The van der Waals surface area contributed by atoms with Crippen molar-refractivity contribution in [2.75, 3.05) is 27.8 Å². The van der Waals surface area contributed by atoms with Crippen LogP contribution in [0.15, 0.2) is 24.3 Å². The van der Waals surface area contributed by atoms with E-state index < -0.39 is 11.2 Å². The van der Waals surface area contributed by atoms with Gasteiger partial charge in [-0.15, -0.1) is 0 Å². The number of methoxy groups -OCH3 is 2. The van der Waals surface area contributed by atoms with E-state index in [4.69, 9.17) is 14.2 Å². The largest absolute Gasteiger partial charge is 0.493 e. The molecule has 27 heavy (non-hydrogen) atoms. The number of likely N-dealkylation sites (N-methyl/N-ethyl adjacent to an activating group) is 1. The van der Waals surface area contributed by atoms with Gasteiger partial charge in [0, 0.05) is 24.1 Å². The summed E-state index contributed by atoms with van der Waals surface area (Å²) in [6.45, 7) is 5.77. The molecule has 6 atom stereocenters. The summed E-state index contributed by atoms with van der Waals surface area (Å²) in [5.74, 6) is 2.25. The predicted molar refractivity (Wildman–Crippen MR) is 104 cm³/mol. The van der Waals surface area contributed by atoms with Crippen molar-refractivity contribution in [3.8, 4) is 11.5 Å². The minimum atomic E-state index is -0.424. The van der Waals surface area contributed by atoms with Crippen LogP contribution in [0.25, 0.3) is 0 Å². The van der Waals surface area contributed by atoms with Crippen molar-refractivity contribution in [3.05, 3.63) is 35.4 Å². The molecule has 2 heterocycles. The molecule has 2 fully saturated rings. The Kier molecular flexibility index (Phi) is 2.77. The Morgan fingerprint density at radius 2 is 2.04 bits per heavy atom. The summed E-state index contributed by atoms with van der Waals surface area (Å²) in [4.78, 5) is 2.60. The normalized spacial score (nSPS) is 48.3. The van der Waals surface area contributed by atoms with E-state index in [0.29, 0.717) is 12.0 Å². The van der Waals surface area contributed by atoms with Crippen LogP contribution >= 0.6 is 0 Å². The van der Waals surface area contributed by atoms with Gasteiger partial charge in [0.1, 0.15) is 11.2 Å². The molecule has 144 valence electrons. The Hall–Kier alpha value is -1.52. The molecule has 0 unspecified atom stereocenters. The molecule has 0 N–H and O–H groups in total. The second-order valence-corrected chi connectivity index (χ2v) is 9.60. The summed E-state index contributed by atoms with van der Waals surface area (Å²) in [7, 11) is 5.92. The van der Waals surface area contributed by atoms with Gasteiger partial charge in [0.25, 0.3) is 0 Å². The summed E-state index contributed by atoms with van der Waals surface area (Å²) in [6.07, 6.45) is 8.22. The van der Waals surface area contributed by atoms with Crippen molar-refractivity contribution >= 4 is 0 Å². The zero-order valence-electron chi connectivity index (χ0n) is 17.0. The first-order valence-corrected chi connectivity index (χ1v) is 10.3. The summed E-state index contributed by atoms with van der Waals surface area (Å²) in [5, 5.41) is 0. The minimum Gasteiger partial charge on any atom is -0.493 e. The Morgan fingerprint density at radius 1 is 1.22 bits per heavy atom. The monoisotopic (exact) mass is 367 g/mol. The minimum absolute atomic E-state index is 0.0497. The number of rotatable bonds is 2. The van der Waals surface area contributed by atoms with Gasteiger partial charge in [-0.3, -0.25) is 0 Å². The van der Waals surface area contributed by atoms with Crippen molar-refractivity contribution < 1.29 is 14.2 Å². The highest BCUT2D eigenvalue weighted by atomic mass is 16.6. The van der Waals surface area contributed by atoms with Gasteiger partial charge in [-0.25, -0.2) is 0 Å². The van der Waals surface area contributed by atoms with E-state index in [0.717, 1.165) is 37.3 Å². The molecule has 1 saturated heterocycles. The third-order valence-electron chi connectivity index (χ3n) is 9.24. The number of piperidine rings is 1. The SMILES string of the molecule is COc1ccc2c3c1O[C@@]1(C)[C@]34CCN(C)[C@H](C2)[C@@]42C=C[C@@]1(OC)[C@H](C)C2. The predicted octanol–water partition coefficient (Wildman–Crippen LogP) is 3.33. The van der Waals surface area contributed by atoms with Crippen LogP contribution < -0.4 is 9.47 Å². The molecular formula is C23H29NO3. The molecule has 2 aliphatic heterocycles. The lowest BCUT2D eigenvalue weighted by atomic mass is 9.34. The fourth-order valence-electron chi connectivity index (χ4n) is 8.26. The molecule has 7 rings (SSSR count). The average Bonchev–Trinajstić information content (AvgIpc) is 2.94. The molecule has 2 spiro atoms. The van der Waals surface area contributed by atoms with Crippen LogP contribution in [0, 0.1) is 11.3 Å². The summed E-state index contributed by atoms with van der Waals surface area (Å²) in [5.41, 5.74) is 2.08. The maximum Gasteiger partial charge on any atom is 0.166 e. The molecule has 4 nitrogen and oxygen atoms in total. The first-order chi connectivity index (χ1) is 12.9. The molecule has 1 saturated carbocycles. The Labute approximate surface area is 161 Å². The van der Waals surface area contributed by atoms with Crippen LogP contribution in [0.1, 0.15) is 37.8 Å². The van der Waals surface area contributed by atoms with E-state index in [1.165, 1.54) is 11.1 Å². The zero-order chi connectivity index (χ0) is 18.8. The van der Waals surface area contributed by atoms with Gasteiger partial charge < -0.3 is 19.1 Å². The van der Waals surface area contributed by atoms with E-state index in [9.17, 15) is 0 Å². The quantitative estimate of drug-likeness (QED) is 0.751. The van der Waals surface area contributed by atoms with E-state index >= 15 is 0 Å². The van der Waals surface area contributed by atoms with E-state index in [1.807, 2.05) is 7.11 Å². The number of hydrogen-bond donors (Lipinski definition) is 0. The van der Waals surface area contributed by atoms with E-state index in [1.54, 1.807) is 7.11 Å². The topological polar surface area (TPSA) is 30.9 Å². The number of hydrogen-bond acceptors (Lipinski definition) is 4. The van der Waals surface area contributed by atoms with Crippen LogP contribution in [0.5, 0.6) is 11.5 Å². The highest BCUT2D eigenvalue weighted by molar-refractivity contribution is 5.67. The zero-order valence-corrected chi connectivity index (χ0v) is 17.0. The van der Waals surface area contributed by atoms with Crippen LogP contribution in [0.2, 0.25) is 0 Å². The highest BCUT2D eigenvalue weighted by Crippen LogP contribution is 2.78. The summed E-state index contributed by atoms with van der Waals surface area (Å²) >= 11 is 0. The second kappa shape index (κ2) is 4.55. The molecule has 4 aliphatic carbocycles. The van der Waals surface area contributed by atoms with Crippen molar-refractivity contribution in [2.45, 2.75) is 55.8 Å². The van der Waals surface area contributed by atoms with Gasteiger partial charge in [-0.1, -0.05) is 25.1 Å². The smallest absolute Gasteiger partial charge is 0.166 e. The molecule has 6 aliphatic rings. The molecule has 4 heteroatoms. The molecular weight excluding hydrogens is 338 g/mol. The van der Waals surface area contributed by atoms with Gasteiger partial charge in [-0.2, -0.15) is 0 Å². The maximum absolute atomic E-state index is 7.00. The van der Waals surface area contributed by atoms with Gasteiger partial charge in [0.2, 0.25) is 0 Å². The molecule has 0 radical (unpaired) electrons. The molecule has 1 aromatic carbocycles. The third kappa shape index (κ3) is 1.33. The van der Waals surface area contributed by atoms with Gasteiger partial charge in [0.15, 0.2) is 11.5 Å². The van der Waals surface area contributed by atoms with Crippen molar-refractivity contribution in [1.82, 2.24) is 4.90 Å². The van der Waals surface area contributed by atoms with Gasteiger partial charge in [0.05, 0.1) is 12.5 Å². The number of ether oxygens (including phenoxy) is 3. The lowest BCUT2D eigenvalue weighted by molar-refractivity contribution is -0.257. The Balaban J connectivity index is 1.78. The summed E-state index contributed by atoms with van der Waals surface area (Å²) < 4.78 is 19.1. The van der Waals surface area contributed by atoms with Crippen molar-refractivity contribution in [1.29, 1.82) is 0 Å². The maximum atomic E-state index is 7.00. The summed E-state index contributed by atoms with van der Waals surface area (Å²) in [6, 6.07) is 4.88. The van der Waals surface area contributed by atoms with Crippen molar-refractivity contribution in [2.24, 2.45) is 11.3 Å². The van der Waals surface area contributed by atoms with Crippen molar-refractivity contribution in [3.63, 3.8) is 0 Å². The van der Waals surface area contributed by atoms with Crippen LogP contribution in [-0.2, 0) is 16.6 Å². The van der Waals surface area contributed by atoms with E-state index in [-0.39, 0.29) is 10.8 Å². The number of nitrogens with zero attached hydrogens (tertiary/aromatic N) is 1. The first-order valence-electron chi connectivity index (χ1n) is 10.3. The Bertz CT molecular complexity index is 896. The number of likely N-dealkylation sites (tertiary alicyclic amines) is 1. The number of fused-ring (bicyclic) bond motifs is 1. The molecule has 0 aromatic heterocycles. The highest BCUT2D eigenvalue weighted by Gasteiger charge is 2.83. The van der Waals surface area contributed by atoms with Gasteiger partial charge in [-0.05, 0) is 57.3 Å². The van der Waals surface area contributed by atoms with Crippen LogP contribution in [-0.4, -0.2) is 50.0 Å². The molecule has 1 aromatic rings. The average molecular weight is 367 g/mol. The van der Waals surface area contributed by atoms with E-state index in [2.05, 4.69) is 50.1 Å². The fraction of sp³-hybridized carbons (Fsp3) is 0.652. The first kappa shape index (κ1) is 16.4. The molecule has 4 bridgehead atoms. The fourth-order valence-corrected chi connectivity index (χ4v) is 8.26. The van der Waals surface area contributed by atoms with Gasteiger partial charge >= 0.3 is 0 Å². The lowest BCUT2D eigenvalue weighted by Gasteiger charge is -2.74. The number of benzene rings is 1. The molecule has 0 amide bonds. The van der Waals surface area contributed by atoms with Crippen LogP contribution in [0.3, 0.4) is 0 Å². The van der Waals surface area contributed by atoms with Crippen LogP contribution in [0.4, 0.5) is 0 Å². The standard InChI is InChI=1S/C23H29NO3/c1-14-13-21-8-9-23(14,26-5)20(2)22(21)10-11-24(3)17(21)12-15-6-7-16(25-4)19(27-20)18(15)22/h6-9,14,17H,10-13H2,1-5H3/t14-,17-,20+,21+,22+,23-/m1/s1. The lowest BCUT2D eigenvalue weighted by Crippen LogP contribution is -2.83. The third-order valence-corrected chi connectivity index (χ3v) is 9.24.